The van der Waals surface area contributed by atoms with Gasteiger partial charge in [-0.15, -0.1) is 0 Å². The molecule has 0 aliphatic heterocycles. The number of carboxylic acids is 1. The summed E-state index contributed by atoms with van der Waals surface area (Å²) >= 11 is 0. The van der Waals surface area contributed by atoms with Crippen molar-refractivity contribution in [3.05, 3.63) is 40.7 Å². The molecule has 0 amide bonds. The summed E-state index contributed by atoms with van der Waals surface area (Å²) in [6, 6.07) is 3.62. The molecule has 1 atom stereocenters. The van der Waals surface area contributed by atoms with Gasteiger partial charge in [-0.3, -0.25) is 0 Å². The number of halogens is 3. The predicted octanol–water partition coefficient (Wildman–Crippen LogP) is 1.80. The second-order valence-corrected chi connectivity index (χ2v) is 8.02. The van der Waals surface area contributed by atoms with E-state index in [0.717, 1.165) is 10.7 Å². The molecule has 0 radical (unpaired) electrons. The molecular weight excluding hydrogens is 370 g/mol. The first-order valence-electron chi connectivity index (χ1n) is 7.71. The van der Waals surface area contributed by atoms with Crippen LogP contribution in [0.4, 0.5) is 13.2 Å². The molecule has 1 aromatic carbocycles. The fraction of sp³-hybridized carbons (Fsp3) is 0.333. The summed E-state index contributed by atoms with van der Waals surface area (Å²) in [5.41, 5.74) is -0.911. The van der Waals surface area contributed by atoms with Crippen LogP contribution in [-0.2, 0) is 28.6 Å². The van der Waals surface area contributed by atoms with Crippen LogP contribution in [0.5, 0.6) is 0 Å². The van der Waals surface area contributed by atoms with Gasteiger partial charge in [0, 0.05) is 0 Å². The second-order valence-electron chi connectivity index (χ2n) is 6.10. The maximum atomic E-state index is 13.3. The Kier molecular flexibility index (Phi) is 4.47. The zero-order valence-electron chi connectivity index (χ0n) is 13.5. The van der Waals surface area contributed by atoms with E-state index >= 15 is 0 Å². The molecule has 0 spiro atoms. The number of aromatic carboxylic acids is 1. The Labute approximate surface area is 148 Å². The van der Waals surface area contributed by atoms with Crippen molar-refractivity contribution < 1.29 is 27.3 Å². The van der Waals surface area contributed by atoms with Crippen LogP contribution < -0.4 is 5.14 Å². The number of aromatic nitrogens is 2. The summed E-state index contributed by atoms with van der Waals surface area (Å²) in [6.07, 6.45) is -2.73. The van der Waals surface area contributed by atoms with Crippen LogP contribution in [0.15, 0.2) is 23.1 Å². The standard InChI is InChI=1S/C15H15BF3N3O3S/c16-26(20,25)8-5-6-12(10(7-8)14(23)24)22-11-4-2-1-3-9(11)13(21-22)15(17,18)19/h5-7,16H,1-4H2,(H2,20,25)(H,23,24). The van der Waals surface area contributed by atoms with Crippen LogP contribution in [0.2, 0.25) is 0 Å². The summed E-state index contributed by atoms with van der Waals surface area (Å²) < 4.78 is 52.9. The predicted molar refractivity (Wildman–Crippen MR) is 89.9 cm³/mol. The molecule has 6 nitrogen and oxygen atoms in total. The van der Waals surface area contributed by atoms with Crippen molar-refractivity contribution >= 4 is 22.2 Å². The zero-order valence-corrected chi connectivity index (χ0v) is 14.4. The maximum absolute atomic E-state index is 13.3. The molecule has 3 rings (SSSR count). The van der Waals surface area contributed by atoms with Gasteiger partial charge in [0.2, 0.25) is 0 Å². The minimum absolute atomic E-state index is 0.00396. The van der Waals surface area contributed by atoms with Crippen molar-refractivity contribution in [3.8, 4) is 5.69 Å². The van der Waals surface area contributed by atoms with Crippen molar-refractivity contribution in [1.82, 2.24) is 9.78 Å². The number of carbonyl (C=O) groups is 1. The fourth-order valence-corrected chi connectivity index (χ4v) is 3.73. The molecule has 1 heterocycles. The third-order valence-electron chi connectivity index (χ3n) is 4.27. The van der Waals surface area contributed by atoms with Crippen molar-refractivity contribution in [2.75, 3.05) is 0 Å². The first-order valence-corrected chi connectivity index (χ1v) is 9.50. The number of hydrogen-bond acceptors (Lipinski definition) is 3. The molecule has 26 heavy (non-hydrogen) atoms. The van der Waals surface area contributed by atoms with Crippen LogP contribution in [0.25, 0.3) is 5.69 Å². The molecule has 1 aromatic heterocycles. The van der Waals surface area contributed by atoms with E-state index in [2.05, 4.69) is 11.8 Å². The van der Waals surface area contributed by atoms with E-state index in [1.54, 1.807) is 0 Å². The van der Waals surface area contributed by atoms with E-state index in [0.29, 0.717) is 25.0 Å². The van der Waals surface area contributed by atoms with Gasteiger partial charge in [0.25, 0.3) is 0 Å². The number of hydrogen-bond donors (Lipinski definition) is 2. The first-order chi connectivity index (χ1) is 12.0. The molecule has 11 heteroatoms. The van der Waals surface area contributed by atoms with Crippen molar-refractivity contribution in [2.45, 2.75) is 36.8 Å². The second kappa shape index (κ2) is 6.24. The number of rotatable bonds is 3. The van der Waals surface area contributed by atoms with Crippen molar-refractivity contribution in [2.24, 2.45) is 5.14 Å². The van der Waals surface area contributed by atoms with Gasteiger partial charge in [-0.05, 0) is 0 Å². The summed E-state index contributed by atoms with van der Waals surface area (Å²) in [5.74, 6) is -1.39. The fourth-order valence-electron chi connectivity index (χ4n) is 3.11. The van der Waals surface area contributed by atoms with Crippen LogP contribution in [0.1, 0.15) is 40.2 Å². The van der Waals surface area contributed by atoms with Crippen LogP contribution in [0.3, 0.4) is 0 Å². The topological polar surface area (TPSA) is 98.2 Å². The third kappa shape index (κ3) is 3.28. The molecule has 2 aromatic rings. The Hall–Kier alpha value is -2.14. The molecule has 138 valence electrons. The van der Waals surface area contributed by atoms with Gasteiger partial charge in [-0.25, -0.2) is 0 Å². The van der Waals surface area contributed by atoms with Gasteiger partial charge < -0.3 is 0 Å². The summed E-state index contributed by atoms with van der Waals surface area (Å²) in [7, 11) is -3.17. The molecule has 1 unspecified atom stereocenters. The van der Waals surface area contributed by atoms with E-state index < -0.39 is 27.4 Å². The molecule has 0 saturated carbocycles. The average molecular weight is 385 g/mol. The van der Waals surface area contributed by atoms with E-state index in [9.17, 15) is 27.3 Å². The molecule has 3 N–H and O–H groups in total. The number of carboxylic acid groups (broad SMARTS) is 1. The van der Waals surface area contributed by atoms with Gasteiger partial charge in [0.15, 0.2) is 0 Å². The van der Waals surface area contributed by atoms with Crippen molar-refractivity contribution in [3.63, 3.8) is 0 Å². The molecule has 1 aliphatic carbocycles. The molecule has 0 saturated heterocycles. The SMILES string of the molecule is B=S(N)(=O)c1ccc(-n2nc(C(F)(F)F)c3c2CCCC3)c(C(=O)O)c1. The number of nitrogens with two attached hydrogens (primary N) is 1. The third-order valence-corrected chi connectivity index (χ3v) is 5.33. The van der Waals surface area contributed by atoms with E-state index in [1.807, 2.05) is 0 Å². The Morgan fingerprint density at radius 1 is 1.31 bits per heavy atom. The number of alkyl halides is 3. The summed E-state index contributed by atoms with van der Waals surface area (Å²) in [4.78, 5) is 11.6. The monoisotopic (exact) mass is 385 g/mol. The number of nitrogens with zero attached hydrogens (tertiary/aromatic N) is 2. The zero-order chi connectivity index (χ0) is 19.3. The average Bonchev–Trinajstić information content (AvgIpc) is 2.93. The Balaban J connectivity index is 2.27. The quantitative estimate of drug-likeness (QED) is 0.788. The van der Waals surface area contributed by atoms with Crippen LogP contribution in [0, 0.1) is 0 Å². The Morgan fingerprint density at radius 3 is 2.54 bits per heavy atom. The molecular formula is C15H15BF3N3O3S. The molecule has 1 aliphatic rings. The Bertz CT molecular complexity index is 1000. The summed E-state index contributed by atoms with van der Waals surface area (Å²) in [5, 5.41) is 18.6. The van der Waals surface area contributed by atoms with Gasteiger partial charge in [-0.2, -0.15) is 0 Å². The number of benzene rings is 1. The van der Waals surface area contributed by atoms with E-state index in [-0.39, 0.29) is 28.1 Å². The normalized spacial score (nSPS) is 16.7. The Morgan fingerprint density at radius 2 is 1.96 bits per heavy atom. The first kappa shape index (κ1) is 18.6. The van der Waals surface area contributed by atoms with Gasteiger partial charge >= 0.3 is 148 Å². The van der Waals surface area contributed by atoms with Crippen LogP contribution in [-0.4, -0.2) is 31.8 Å². The summed E-state index contributed by atoms with van der Waals surface area (Å²) in [6.45, 7) is 3.29. The van der Waals surface area contributed by atoms with Gasteiger partial charge in [-0.1, -0.05) is 0 Å². The van der Waals surface area contributed by atoms with Crippen LogP contribution >= 0.6 is 0 Å². The molecule has 0 bridgehead atoms. The van der Waals surface area contributed by atoms with Crippen molar-refractivity contribution in [1.29, 1.82) is 0 Å². The number of fused-ring (bicyclic) bond motifs is 1. The minimum atomic E-state index is -4.63. The van der Waals surface area contributed by atoms with Gasteiger partial charge in [0.1, 0.15) is 0 Å². The molecule has 0 fully saturated rings. The van der Waals surface area contributed by atoms with Gasteiger partial charge in [0.05, 0.1) is 0 Å². The van der Waals surface area contributed by atoms with E-state index in [4.69, 9.17) is 5.14 Å². The van der Waals surface area contributed by atoms with E-state index in [1.165, 1.54) is 12.1 Å².